The molecule has 268 valence electrons. The number of rotatable bonds is 5. The van der Waals surface area contributed by atoms with Crippen LogP contribution in [-0.2, 0) is 14.3 Å². The van der Waals surface area contributed by atoms with Crippen molar-refractivity contribution >= 4 is 5.97 Å². The summed E-state index contributed by atoms with van der Waals surface area (Å²) in [5, 5.41) is 85.0. The zero-order valence-corrected chi connectivity index (χ0v) is 28.6. The Morgan fingerprint density at radius 2 is 1.53 bits per heavy atom. The van der Waals surface area contributed by atoms with E-state index in [0.29, 0.717) is 32.1 Å². The quantitative estimate of drug-likeness (QED) is 0.156. The van der Waals surface area contributed by atoms with Crippen molar-refractivity contribution in [3.05, 3.63) is 11.6 Å². The van der Waals surface area contributed by atoms with Gasteiger partial charge in [-0.3, -0.25) is 4.79 Å². The first-order chi connectivity index (χ1) is 21.9. The highest BCUT2D eigenvalue weighted by Crippen LogP contribution is 2.76. The number of allylic oxidation sites excluding steroid dienone is 2. The van der Waals surface area contributed by atoms with E-state index in [1.54, 1.807) is 0 Å². The number of hydrogen-bond donors (Lipinski definition) is 8. The fraction of sp³-hybridized carbons (Fsp3) is 0.917. The highest BCUT2D eigenvalue weighted by Gasteiger charge is 2.72. The molecule has 11 heteroatoms. The fourth-order valence-corrected chi connectivity index (χ4v) is 12.1. The molecule has 0 radical (unpaired) electrons. The zero-order valence-electron chi connectivity index (χ0n) is 28.6. The van der Waals surface area contributed by atoms with Crippen molar-refractivity contribution in [2.75, 3.05) is 19.8 Å². The van der Waals surface area contributed by atoms with Gasteiger partial charge in [-0.1, -0.05) is 46.3 Å². The molecule has 11 nitrogen and oxygen atoms in total. The van der Waals surface area contributed by atoms with Gasteiger partial charge in [-0.25, -0.2) is 0 Å². The van der Waals surface area contributed by atoms with E-state index < -0.39 is 71.7 Å². The van der Waals surface area contributed by atoms with Crippen molar-refractivity contribution in [3.63, 3.8) is 0 Å². The number of esters is 1. The molecule has 8 N–H and O–H groups in total. The number of hydrogen-bond acceptors (Lipinski definition) is 11. The van der Waals surface area contributed by atoms with Gasteiger partial charge in [0.25, 0.3) is 0 Å². The van der Waals surface area contributed by atoms with Crippen molar-refractivity contribution in [1.82, 2.24) is 0 Å². The lowest BCUT2D eigenvalue weighted by Crippen LogP contribution is -2.70. The topological polar surface area (TPSA) is 197 Å². The Kier molecular flexibility index (Phi) is 8.88. The van der Waals surface area contributed by atoms with Crippen LogP contribution in [0.2, 0.25) is 0 Å². The highest BCUT2D eigenvalue weighted by atomic mass is 16.7. The molecule has 6 rings (SSSR count). The summed E-state index contributed by atoms with van der Waals surface area (Å²) in [7, 11) is 0. The van der Waals surface area contributed by atoms with Crippen LogP contribution in [0.15, 0.2) is 11.6 Å². The molecule has 0 aromatic heterocycles. The maximum Gasteiger partial charge on any atom is 0.315 e. The molecular weight excluding hydrogens is 608 g/mol. The van der Waals surface area contributed by atoms with Crippen LogP contribution >= 0.6 is 0 Å². The van der Waals surface area contributed by atoms with Gasteiger partial charge >= 0.3 is 5.97 Å². The van der Waals surface area contributed by atoms with E-state index in [0.717, 1.165) is 19.3 Å². The Morgan fingerprint density at radius 1 is 0.851 bits per heavy atom. The van der Waals surface area contributed by atoms with Gasteiger partial charge in [-0.2, -0.15) is 0 Å². The molecule has 5 fully saturated rings. The number of carbonyl (C=O) groups is 1. The zero-order chi connectivity index (χ0) is 34.5. The Hall–Kier alpha value is -1.15. The number of fused-ring (bicyclic) bond motifs is 7. The highest BCUT2D eigenvalue weighted by molar-refractivity contribution is 5.79. The lowest BCUT2D eigenvalue weighted by molar-refractivity contribution is -0.297. The maximum atomic E-state index is 14.4. The first-order valence-corrected chi connectivity index (χ1v) is 17.7. The molecule has 0 bridgehead atoms. The molecule has 0 aromatic carbocycles. The van der Waals surface area contributed by atoms with Gasteiger partial charge in [0.15, 0.2) is 0 Å². The van der Waals surface area contributed by atoms with E-state index >= 15 is 0 Å². The second-order valence-electron chi connectivity index (χ2n) is 17.7. The summed E-state index contributed by atoms with van der Waals surface area (Å²) in [5.74, 6) is -0.865. The number of aliphatic hydroxyl groups is 8. The smallest absolute Gasteiger partial charge is 0.315 e. The summed E-state index contributed by atoms with van der Waals surface area (Å²) in [6, 6.07) is 0. The van der Waals surface area contributed by atoms with Gasteiger partial charge in [0.1, 0.15) is 24.4 Å². The van der Waals surface area contributed by atoms with E-state index in [1.165, 1.54) is 5.57 Å². The van der Waals surface area contributed by atoms with Crippen molar-refractivity contribution < 1.29 is 55.1 Å². The average molecular weight is 667 g/mol. The Bertz CT molecular complexity index is 1250. The molecule has 5 aliphatic carbocycles. The van der Waals surface area contributed by atoms with E-state index in [1.807, 2.05) is 6.92 Å². The lowest BCUT2D eigenvalue weighted by atomic mass is 9.33. The van der Waals surface area contributed by atoms with Crippen molar-refractivity contribution in [3.8, 4) is 0 Å². The minimum Gasteiger partial charge on any atom is -0.432 e. The first-order valence-electron chi connectivity index (χ1n) is 17.7. The minimum atomic E-state index is -1.67. The Balaban J connectivity index is 1.38. The number of aliphatic hydroxyl groups excluding tert-OH is 8. The van der Waals surface area contributed by atoms with Gasteiger partial charge in [0.2, 0.25) is 6.29 Å². The maximum absolute atomic E-state index is 14.4. The second kappa shape index (κ2) is 11.7. The molecule has 1 heterocycles. The predicted octanol–water partition coefficient (Wildman–Crippen LogP) is 1.41. The molecule has 0 spiro atoms. The van der Waals surface area contributed by atoms with Gasteiger partial charge in [-0.05, 0) is 91.8 Å². The summed E-state index contributed by atoms with van der Waals surface area (Å²) in [4.78, 5) is 14.4. The van der Waals surface area contributed by atoms with E-state index in [4.69, 9.17) is 9.47 Å². The first kappa shape index (κ1) is 35.7. The molecule has 0 amide bonds. The molecule has 47 heavy (non-hydrogen) atoms. The SMILES string of the molecule is CC1(C)CC[C@]2(C(=O)O[C@@H]3O[C@H](CO)[C@@H](O)[C@H](O)[C@H]3O)CC[C@]3(C)C(=CC[C@H]4[C@@]5(CO)C[C@H](O)[C@@H](O)C(C)(CO)C5CC[C@]43C)[C@H]2C1. The summed E-state index contributed by atoms with van der Waals surface area (Å²) >= 11 is 0. The van der Waals surface area contributed by atoms with Crippen LogP contribution in [0.4, 0.5) is 0 Å². The molecule has 0 aromatic rings. The van der Waals surface area contributed by atoms with Crippen LogP contribution in [0.3, 0.4) is 0 Å². The molecule has 4 saturated carbocycles. The van der Waals surface area contributed by atoms with Crippen LogP contribution < -0.4 is 0 Å². The summed E-state index contributed by atoms with van der Waals surface area (Å²) in [6.07, 6.45) is -1.71. The van der Waals surface area contributed by atoms with Crippen LogP contribution in [0.25, 0.3) is 0 Å². The van der Waals surface area contributed by atoms with Crippen LogP contribution in [0.5, 0.6) is 0 Å². The second-order valence-corrected chi connectivity index (χ2v) is 17.7. The lowest BCUT2D eigenvalue weighted by Gasteiger charge is -2.71. The van der Waals surface area contributed by atoms with Gasteiger partial charge in [0.05, 0.1) is 30.8 Å². The van der Waals surface area contributed by atoms with Crippen molar-refractivity contribution in [1.29, 1.82) is 0 Å². The molecule has 1 saturated heterocycles. The standard InChI is InChI=1S/C36H58O11/c1-31(2)10-12-35(30(45)47-29-27(43)26(42)25(41)22(16-37)46-29)13-11-33(4)19(20(35)14-31)6-7-24-34(33,5)9-8-23-32(3,17-38)28(44)21(40)15-36(23,24)18-39/h6,20-29,37-44H,7-18H2,1-5H3/t20-,21+,22-,23?,24-,25-,26+,27-,28-,29+,32?,33-,34-,35+,36-/m1/s1. The van der Waals surface area contributed by atoms with Crippen molar-refractivity contribution in [2.45, 2.75) is 135 Å². The Labute approximate surface area is 278 Å². The minimum absolute atomic E-state index is 0.0225. The van der Waals surface area contributed by atoms with Crippen LogP contribution in [0.1, 0.15) is 92.4 Å². The molecule has 6 aliphatic rings. The van der Waals surface area contributed by atoms with Crippen LogP contribution in [-0.4, -0.2) is 110 Å². The van der Waals surface area contributed by atoms with E-state index in [9.17, 15) is 45.6 Å². The van der Waals surface area contributed by atoms with Crippen LogP contribution in [0, 0.1) is 50.2 Å². The largest absolute Gasteiger partial charge is 0.432 e. The van der Waals surface area contributed by atoms with Crippen molar-refractivity contribution in [2.24, 2.45) is 50.2 Å². The van der Waals surface area contributed by atoms with Gasteiger partial charge < -0.3 is 50.3 Å². The third-order valence-electron chi connectivity index (χ3n) is 15.2. The number of carbonyl (C=O) groups excluding carboxylic acids is 1. The number of ether oxygens (including phenoxy) is 2. The summed E-state index contributed by atoms with van der Waals surface area (Å²) in [5.41, 5.74) is -2.02. The average Bonchev–Trinajstić information content (AvgIpc) is 3.03. The molecule has 2 unspecified atom stereocenters. The normalized spacial score (nSPS) is 53.9. The molecule has 15 atom stereocenters. The monoisotopic (exact) mass is 666 g/mol. The molecule has 1 aliphatic heterocycles. The summed E-state index contributed by atoms with van der Waals surface area (Å²) in [6.45, 7) is 9.83. The van der Waals surface area contributed by atoms with E-state index in [-0.39, 0.29) is 53.6 Å². The Morgan fingerprint density at radius 3 is 2.17 bits per heavy atom. The van der Waals surface area contributed by atoms with Gasteiger partial charge in [0, 0.05) is 17.4 Å². The molecular formula is C36H58O11. The van der Waals surface area contributed by atoms with Gasteiger partial charge in [-0.15, -0.1) is 0 Å². The third kappa shape index (κ3) is 4.81. The fourth-order valence-electron chi connectivity index (χ4n) is 12.1. The predicted molar refractivity (Wildman–Crippen MR) is 169 cm³/mol. The van der Waals surface area contributed by atoms with E-state index in [2.05, 4.69) is 33.8 Å². The summed E-state index contributed by atoms with van der Waals surface area (Å²) < 4.78 is 11.5. The third-order valence-corrected chi connectivity index (χ3v) is 15.2.